The minimum atomic E-state index is -0.250. The molecule has 0 atom stereocenters. The third-order valence-electron chi connectivity index (χ3n) is 1.58. The Kier molecular flexibility index (Phi) is 3.37. The first kappa shape index (κ1) is 9.91. The van der Waals surface area contributed by atoms with Crippen LogP contribution in [0.2, 0.25) is 0 Å². The van der Waals surface area contributed by atoms with E-state index in [9.17, 15) is 4.79 Å². The summed E-state index contributed by atoms with van der Waals surface area (Å²) in [7, 11) is 0. The van der Waals surface area contributed by atoms with Gasteiger partial charge in [-0.05, 0) is 6.07 Å². The van der Waals surface area contributed by atoms with Crippen LogP contribution in [0.5, 0.6) is 0 Å². The van der Waals surface area contributed by atoms with Crippen molar-refractivity contribution in [2.45, 2.75) is 0 Å². The molecule has 0 aliphatic heterocycles. The monoisotopic (exact) mass is 192 g/mol. The molecular formula is C9H8N2O3. The highest BCUT2D eigenvalue weighted by atomic mass is 16.3. The molecule has 5 nitrogen and oxygen atoms in total. The topological polar surface area (TPSA) is 83.0 Å². The van der Waals surface area contributed by atoms with Gasteiger partial charge in [-0.25, -0.2) is 5.10 Å². The van der Waals surface area contributed by atoms with Crippen LogP contribution in [0.3, 0.4) is 0 Å². The number of hydrogen-bond acceptors (Lipinski definition) is 3. The molecule has 2 aromatic rings. The predicted molar refractivity (Wildman–Crippen MR) is 51.1 cm³/mol. The van der Waals surface area contributed by atoms with Crippen molar-refractivity contribution in [2.75, 3.05) is 0 Å². The molecule has 72 valence electrons. The van der Waals surface area contributed by atoms with Crippen molar-refractivity contribution in [3.63, 3.8) is 0 Å². The van der Waals surface area contributed by atoms with Crippen LogP contribution in [0, 0.1) is 0 Å². The van der Waals surface area contributed by atoms with E-state index < -0.39 is 0 Å². The summed E-state index contributed by atoms with van der Waals surface area (Å²) >= 11 is 0. The lowest BCUT2D eigenvalue weighted by molar-refractivity contribution is -0.122. The molecule has 0 saturated carbocycles. The number of carboxylic acid groups (broad SMARTS) is 1. The van der Waals surface area contributed by atoms with Crippen LogP contribution in [0.1, 0.15) is 0 Å². The highest BCUT2D eigenvalue weighted by Gasteiger charge is 1.93. The smallest absolute Gasteiger partial charge is 0.290 e. The van der Waals surface area contributed by atoms with Gasteiger partial charge in [-0.1, -0.05) is 18.2 Å². The summed E-state index contributed by atoms with van der Waals surface area (Å²) in [6, 6.07) is 7.34. The Balaban J connectivity index is 0.000000293. The van der Waals surface area contributed by atoms with Crippen LogP contribution in [0.4, 0.5) is 0 Å². The Morgan fingerprint density at radius 2 is 2.00 bits per heavy atom. The third kappa shape index (κ3) is 2.16. The van der Waals surface area contributed by atoms with Gasteiger partial charge in [0.2, 0.25) is 0 Å². The van der Waals surface area contributed by atoms with Gasteiger partial charge in [0.25, 0.3) is 12.0 Å². The predicted octanol–water partition coefficient (Wildman–Crippen LogP) is 0.624. The number of aromatic amines is 1. The molecule has 0 bridgehead atoms. The van der Waals surface area contributed by atoms with E-state index in [1.165, 1.54) is 0 Å². The first-order chi connectivity index (χ1) is 6.79. The molecule has 0 spiro atoms. The second-order valence-corrected chi connectivity index (χ2v) is 2.39. The van der Waals surface area contributed by atoms with E-state index in [0.717, 1.165) is 5.39 Å². The maximum atomic E-state index is 11.1. The van der Waals surface area contributed by atoms with Crippen LogP contribution in [0.15, 0.2) is 35.3 Å². The van der Waals surface area contributed by atoms with Crippen molar-refractivity contribution in [3.8, 4) is 0 Å². The molecule has 5 heteroatoms. The van der Waals surface area contributed by atoms with Crippen molar-refractivity contribution in [2.24, 2.45) is 0 Å². The maximum absolute atomic E-state index is 11.1. The molecule has 2 N–H and O–H groups in total. The number of fused-ring (bicyclic) bond motifs is 1. The molecule has 0 aliphatic carbocycles. The molecule has 2 rings (SSSR count). The van der Waals surface area contributed by atoms with Crippen molar-refractivity contribution < 1.29 is 9.90 Å². The number of carbonyl (C=O) groups is 1. The van der Waals surface area contributed by atoms with Crippen LogP contribution >= 0.6 is 0 Å². The molecule has 0 fully saturated rings. The largest absolute Gasteiger partial charge is 0.483 e. The summed E-state index contributed by atoms with van der Waals surface area (Å²) in [5.41, 5.74) is -0.136. The first-order valence-corrected chi connectivity index (χ1v) is 3.80. The van der Waals surface area contributed by atoms with Gasteiger partial charge in [-0.15, -0.1) is 0 Å². The number of H-pyrrole nitrogens is 1. The zero-order chi connectivity index (χ0) is 10.4. The first-order valence-electron chi connectivity index (χ1n) is 3.80. The van der Waals surface area contributed by atoms with E-state index in [1.54, 1.807) is 12.3 Å². The van der Waals surface area contributed by atoms with Crippen LogP contribution in [0.25, 0.3) is 10.8 Å². The van der Waals surface area contributed by atoms with E-state index in [4.69, 9.17) is 9.90 Å². The summed E-state index contributed by atoms with van der Waals surface area (Å²) in [6.45, 7) is -0.250. The van der Waals surface area contributed by atoms with Gasteiger partial charge in [0.1, 0.15) is 0 Å². The number of benzene rings is 1. The van der Waals surface area contributed by atoms with E-state index in [0.29, 0.717) is 5.39 Å². The molecule has 1 heterocycles. The SMILES string of the molecule is O=CO.O=c1[nH]ncc2ccccc12. The zero-order valence-electron chi connectivity index (χ0n) is 7.18. The van der Waals surface area contributed by atoms with E-state index in [1.807, 2.05) is 18.2 Å². The van der Waals surface area contributed by atoms with E-state index in [-0.39, 0.29) is 12.0 Å². The van der Waals surface area contributed by atoms with Gasteiger partial charge < -0.3 is 5.11 Å². The van der Waals surface area contributed by atoms with Crippen LogP contribution < -0.4 is 5.56 Å². The lowest BCUT2D eigenvalue weighted by Crippen LogP contribution is -2.06. The molecule has 0 saturated heterocycles. The van der Waals surface area contributed by atoms with Crippen LogP contribution in [-0.2, 0) is 4.79 Å². The van der Waals surface area contributed by atoms with E-state index >= 15 is 0 Å². The summed E-state index contributed by atoms with van der Waals surface area (Å²) in [6.07, 6.45) is 1.64. The molecule has 1 aromatic carbocycles. The van der Waals surface area contributed by atoms with Gasteiger partial charge in [-0.2, -0.15) is 5.10 Å². The van der Waals surface area contributed by atoms with E-state index in [2.05, 4.69) is 10.2 Å². The number of hydrogen-bond donors (Lipinski definition) is 2. The molecule has 0 aliphatic rings. The summed E-state index contributed by atoms with van der Waals surface area (Å²) in [4.78, 5) is 19.4. The van der Waals surface area contributed by atoms with Crippen molar-refractivity contribution in [3.05, 3.63) is 40.8 Å². The fourth-order valence-electron chi connectivity index (χ4n) is 1.04. The Bertz CT molecular complexity index is 473. The van der Waals surface area contributed by atoms with Gasteiger partial charge >= 0.3 is 0 Å². The van der Waals surface area contributed by atoms with Crippen LogP contribution in [-0.4, -0.2) is 21.8 Å². The summed E-state index contributed by atoms with van der Waals surface area (Å²) < 4.78 is 0. The van der Waals surface area contributed by atoms with Crippen molar-refractivity contribution in [1.82, 2.24) is 10.2 Å². The number of aromatic nitrogens is 2. The van der Waals surface area contributed by atoms with Gasteiger partial charge in [0, 0.05) is 10.8 Å². The van der Waals surface area contributed by atoms with Gasteiger partial charge in [0.15, 0.2) is 0 Å². The molecular weight excluding hydrogens is 184 g/mol. The number of nitrogens with one attached hydrogen (secondary N) is 1. The molecule has 1 aromatic heterocycles. The minimum Gasteiger partial charge on any atom is -0.483 e. The Morgan fingerprint density at radius 3 is 2.64 bits per heavy atom. The number of nitrogens with zero attached hydrogens (tertiary/aromatic N) is 1. The highest BCUT2D eigenvalue weighted by molar-refractivity contribution is 5.80. The fraction of sp³-hybridized carbons (Fsp3) is 0. The quantitative estimate of drug-likeness (QED) is 0.599. The normalized spacial score (nSPS) is 8.86. The highest BCUT2D eigenvalue weighted by Crippen LogP contribution is 2.04. The summed E-state index contributed by atoms with van der Waals surface area (Å²) in [5, 5.41) is 14.5. The standard InChI is InChI=1S/C8H6N2O.CH2O2/c11-8-7-4-2-1-3-6(7)5-9-10-8;2-1-3/h1-5H,(H,10,11);1H,(H,2,3). The zero-order valence-corrected chi connectivity index (χ0v) is 7.18. The average Bonchev–Trinajstić information content (AvgIpc) is 2.20. The second kappa shape index (κ2) is 4.76. The molecule has 14 heavy (non-hydrogen) atoms. The van der Waals surface area contributed by atoms with Gasteiger partial charge in [-0.3, -0.25) is 9.59 Å². The number of rotatable bonds is 0. The lowest BCUT2D eigenvalue weighted by atomic mass is 10.2. The lowest BCUT2D eigenvalue weighted by Gasteiger charge is -1.91. The van der Waals surface area contributed by atoms with Crippen molar-refractivity contribution >= 4 is 17.2 Å². The second-order valence-electron chi connectivity index (χ2n) is 2.39. The van der Waals surface area contributed by atoms with Gasteiger partial charge in [0.05, 0.1) is 6.20 Å². The third-order valence-corrected chi connectivity index (χ3v) is 1.58. The molecule has 0 unspecified atom stereocenters. The molecule has 0 amide bonds. The Labute approximate surface area is 79.0 Å². The minimum absolute atomic E-state index is 0.136. The Hall–Kier alpha value is -2.17. The average molecular weight is 192 g/mol. The van der Waals surface area contributed by atoms with Crippen molar-refractivity contribution in [1.29, 1.82) is 0 Å². The maximum Gasteiger partial charge on any atom is 0.290 e. The summed E-state index contributed by atoms with van der Waals surface area (Å²) in [5.74, 6) is 0. The Morgan fingerprint density at radius 1 is 1.36 bits per heavy atom. The fourth-order valence-corrected chi connectivity index (χ4v) is 1.04. The molecule has 0 radical (unpaired) electrons.